The molecule has 2 nitrogen and oxygen atoms in total. The van der Waals surface area contributed by atoms with Crippen LogP contribution in [0.3, 0.4) is 0 Å². The predicted octanol–water partition coefficient (Wildman–Crippen LogP) is 2.61. The molecule has 0 aliphatic rings. The quantitative estimate of drug-likeness (QED) is 0.729. The van der Waals surface area contributed by atoms with Crippen molar-refractivity contribution in [3.05, 3.63) is 35.9 Å². The van der Waals surface area contributed by atoms with Crippen molar-refractivity contribution in [2.45, 2.75) is 25.4 Å². The van der Waals surface area contributed by atoms with E-state index in [2.05, 4.69) is 0 Å². The van der Waals surface area contributed by atoms with Gasteiger partial charge in [0.1, 0.15) is 0 Å². The molecular formula is C12H16F2O2. The molecule has 0 spiro atoms. The fraction of sp³-hybridized carbons (Fsp3) is 0.500. The van der Waals surface area contributed by atoms with Crippen LogP contribution in [0.25, 0.3) is 0 Å². The Kier molecular flexibility index (Phi) is 5.35. The van der Waals surface area contributed by atoms with Crippen molar-refractivity contribution in [3.63, 3.8) is 0 Å². The topological polar surface area (TPSA) is 29.5 Å². The summed E-state index contributed by atoms with van der Waals surface area (Å²) >= 11 is 0. The van der Waals surface area contributed by atoms with E-state index in [4.69, 9.17) is 9.84 Å². The minimum Gasteiger partial charge on any atom is -0.396 e. The van der Waals surface area contributed by atoms with Gasteiger partial charge in [-0.05, 0) is 5.56 Å². The molecule has 0 aromatic heterocycles. The SMILES string of the molecule is OCCC(F)(F)CCOCc1ccccc1. The Morgan fingerprint density at radius 3 is 2.44 bits per heavy atom. The Labute approximate surface area is 93.9 Å². The van der Waals surface area contributed by atoms with E-state index >= 15 is 0 Å². The van der Waals surface area contributed by atoms with Gasteiger partial charge in [0.25, 0.3) is 5.92 Å². The van der Waals surface area contributed by atoms with Gasteiger partial charge in [-0.1, -0.05) is 30.3 Å². The van der Waals surface area contributed by atoms with E-state index < -0.39 is 19.0 Å². The van der Waals surface area contributed by atoms with Crippen molar-refractivity contribution in [1.82, 2.24) is 0 Å². The summed E-state index contributed by atoms with van der Waals surface area (Å²) in [4.78, 5) is 0. The summed E-state index contributed by atoms with van der Waals surface area (Å²) in [6.07, 6.45) is -0.845. The minimum absolute atomic E-state index is 0.00188. The molecule has 1 rings (SSSR count). The van der Waals surface area contributed by atoms with Crippen LogP contribution in [0.2, 0.25) is 0 Å². The van der Waals surface area contributed by atoms with E-state index in [1.807, 2.05) is 30.3 Å². The van der Waals surface area contributed by atoms with Gasteiger partial charge in [-0.2, -0.15) is 0 Å². The highest BCUT2D eigenvalue weighted by molar-refractivity contribution is 5.13. The second-order valence-corrected chi connectivity index (χ2v) is 3.62. The third-order valence-electron chi connectivity index (χ3n) is 2.20. The van der Waals surface area contributed by atoms with Gasteiger partial charge in [-0.3, -0.25) is 0 Å². The summed E-state index contributed by atoms with van der Waals surface area (Å²) in [6, 6.07) is 9.40. The molecule has 4 heteroatoms. The number of benzene rings is 1. The summed E-state index contributed by atoms with van der Waals surface area (Å²) in [5, 5.41) is 8.42. The number of ether oxygens (including phenoxy) is 1. The summed E-state index contributed by atoms with van der Waals surface area (Å²) in [5.41, 5.74) is 0.966. The van der Waals surface area contributed by atoms with E-state index in [0.29, 0.717) is 6.61 Å². The second-order valence-electron chi connectivity index (χ2n) is 3.62. The van der Waals surface area contributed by atoms with Crippen LogP contribution in [0.15, 0.2) is 30.3 Å². The average molecular weight is 230 g/mol. The van der Waals surface area contributed by atoms with Crippen LogP contribution < -0.4 is 0 Å². The molecule has 0 saturated heterocycles. The van der Waals surface area contributed by atoms with E-state index in [1.54, 1.807) is 0 Å². The van der Waals surface area contributed by atoms with Gasteiger partial charge in [0.15, 0.2) is 0 Å². The molecule has 1 aromatic carbocycles. The molecule has 0 radical (unpaired) electrons. The molecule has 1 N–H and O–H groups in total. The number of rotatable bonds is 7. The maximum atomic E-state index is 12.9. The highest BCUT2D eigenvalue weighted by atomic mass is 19.3. The minimum atomic E-state index is -2.83. The van der Waals surface area contributed by atoms with Crippen LogP contribution in [0.4, 0.5) is 8.78 Å². The van der Waals surface area contributed by atoms with Crippen LogP contribution in [0, 0.1) is 0 Å². The standard InChI is InChI=1S/C12H16F2O2/c13-12(14,6-8-15)7-9-16-10-11-4-2-1-3-5-11/h1-5,15H,6-10H2. The summed E-state index contributed by atoms with van der Waals surface area (Å²) < 4.78 is 31.0. The maximum absolute atomic E-state index is 12.9. The third kappa shape index (κ3) is 5.19. The lowest BCUT2D eigenvalue weighted by Crippen LogP contribution is -2.20. The molecule has 1 aromatic rings. The maximum Gasteiger partial charge on any atom is 0.252 e. The van der Waals surface area contributed by atoms with Gasteiger partial charge >= 0.3 is 0 Å². The van der Waals surface area contributed by atoms with Gasteiger partial charge in [0.2, 0.25) is 0 Å². The summed E-state index contributed by atoms with van der Waals surface area (Å²) in [6.45, 7) is -0.149. The fourth-order valence-electron chi connectivity index (χ4n) is 1.27. The monoisotopic (exact) mass is 230 g/mol. The van der Waals surface area contributed by atoms with Gasteiger partial charge < -0.3 is 9.84 Å². The zero-order valence-corrected chi connectivity index (χ0v) is 9.03. The Morgan fingerprint density at radius 1 is 1.12 bits per heavy atom. The lowest BCUT2D eigenvalue weighted by Gasteiger charge is -2.14. The first kappa shape index (κ1) is 13.1. The molecule has 0 aliphatic carbocycles. The molecule has 0 unspecified atom stereocenters. The van der Waals surface area contributed by atoms with Gasteiger partial charge in [0.05, 0.1) is 13.2 Å². The highest BCUT2D eigenvalue weighted by Gasteiger charge is 2.27. The summed E-state index contributed by atoms with van der Waals surface area (Å²) in [7, 11) is 0. The van der Waals surface area contributed by atoms with Crippen LogP contribution in [0.1, 0.15) is 18.4 Å². The zero-order chi connectivity index (χ0) is 11.9. The van der Waals surface area contributed by atoms with Crippen LogP contribution >= 0.6 is 0 Å². The first-order valence-electron chi connectivity index (χ1n) is 5.24. The fourth-order valence-corrected chi connectivity index (χ4v) is 1.27. The van der Waals surface area contributed by atoms with Crippen molar-refractivity contribution in [2.24, 2.45) is 0 Å². The molecule has 0 atom stereocenters. The van der Waals surface area contributed by atoms with Crippen molar-refractivity contribution < 1.29 is 18.6 Å². The second kappa shape index (κ2) is 6.55. The molecule has 0 fully saturated rings. The molecule has 0 aliphatic heterocycles. The Hall–Kier alpha value is -1.00. The van der Waals surface area contributed by atoms with Gasteiger partial charge in [-0.25, -0.2) is 8.78 Å². The van der Waals surface area contributed by atoms with E-state index in [0.717, 1.165) is 5.56 Å². The normalized spacial score (nSPS) is 11.7. The lowest BCUT2D eigenvalue weighted by molar-refractivity contribution is -0.0514. The van der Waals surface area contributed by atoms with Crippen molar-refractivity contribution in [1.29, 1.82) is 0 Å². The number of aliphatic hydroxyl groups is 1. The van der Waals surface area contributed by atoms with Crippen LogP contribution in [-0.4, -0.2) is 24.2 Å². The Bertz CT molecular complexity index is 288. The Balaban J connectivity index is 2.17. The molecule has 0 amide bonds. The van der Waals surface area contributed by atoms with Crippen molar-refractivity contribution >= 4 is 0 Å². The summed E-state index contributed by atoms with van der Waals surface area (Å²) in [5.74, 6) is -2.83. The zero-order valence-electron chi connectivity index (χ0n) is 9.03. The van der Waals surface area contributed by atoms with E-state index in [9.17, 15) is 8.78 Å². The van der Waals surface area contributed by atoms with Crippen LogP contribution in [0.5, 0.6) is 0 Å². The number of alkyl halides is 2. The number of halogens is 2. The van der Waals surface area contributed by atoms with Crippen molar-refractivity contribution in [2.75, 3.05) is 13.2 Å². The van der Waals surface area contributed by atoms with Crippen LogP contribution in [-0.2, 0) is 11.3 Å². The predicted molar refractivity (Wildman–Crippen MR) is 57.4 cm³/mol. The average Bonchev–Trinajstić information content (AvgIpc) is 2.26. The largest absolute Gasteiger partial charge is 0.396 e. The molecule has 0 saturated carbocycles. The highest BCUT2D eigenvalue weighted by Crippen LogP contribution is 2.22. The molecule has 0 heterocycles. The Morgan fingerprint density at radius 2 is 1.81 bits per heavy atom. The molecule has 0 bridgehead atoms. The van der Waals surface area contributed by atoms with Gasteiger partial charge in [0, 0.05) is 19.4 Å². The lowest BCUT2D eigenvalue weighted by atomic mass is 10.2. The smallest absolute Gasteiger partial charge is 0.252 e. The number of hydrogen-bond acceptors (Lipinski definition) is 2. The van der Waals surface area contributed by atoms with Gasteiger partial charge in [-0.15, -0.1) is 0 Å². The molecular weight excluding hydrogens is 214 g/mol. The third-order valence-corrected chi connectivity index (χ3v) is 2.20. The molecule has 16 heavy (non-hydrogen) atoms. The number of hydrogen-bond donors (Lipinski definition) is 1. The first-order chi connectivity index (χ1) is 7.64. The number of aliphatic hydroxyl groups excluding tert-OH is 1. The van der Waals surface area contributed by atoms with E-state index in [1.165, 1.54) is 0 Å². The first-order valence-corrected chi connectivity index (χ1v) is 5.24. The van der Waals surface area contributed by atoms with E-state index in [-0.39, 0.29) is 13.0 Å². The van der Waals surface area contributed by atoms with Crippen molar-refractivity contribution in [3.8, 4) is 0 Å². The molecule has 90 valence electrons.